The Kier molecular flexibility index (Phi) is 4.99. The van der Waals surface area contributed by atoms with E-state index in [1.54, 1.807) is 37.6 Å². The van der Waals surface area contributed by atoms with Crippen LogP contribution < -0.4 is 10.1 Å². The molecule has 0 radical (unpaired) electrons. The van der Waals surface area contributed by atoms with Crippen molar-refractivity contribution in [3.8, 4) is 11.8 Å². The second-order valence-electron chi connectivity index (χ2n) is 5.77. The third-order valence-electron chi connectivity index (χ3n) is 4.10. The van der Waals surface area contributed by atoms with Gasteiger partial charge in [-0.05, 0) is 35.9 Å². The molecule has 1 amide bonds. The molecule has 0 spiro atoms. The second-order valence-corrected chi connectivity index (χ2v) is 5.77. The van der Waals surface area contributed by atoms with Gasteiger partial charge in [0.15, 0.2) is 0 Å². The van der Waals surface area contributed by atoms with Crippen LogP contribution in [0.3, 0.4) is 0 Å². The first kappa shape index (κ1) is 17.2. The third kappa shape index (κ3) is 3.57. The van der Waals surface area contributed by atoms with Crippen molar-refractivity contribution in [2.75, 3.05) is 7.11 Å². The average molecular weight is 346 g/mol. The van der Waals surface area contributed by atoms with Gasteiger partial charge in [0.2, 0.25) is 0 Å². The van der Waals surface area contributed by atoms with Gasteiger partial charge in [-0.2, -0.15) is 5.26 Å². The zero-order valence-electron chi connectivity index (χ0n) is 14.5. The summed E-state index contributed by atoms with van der Waals surface area (Å²) in [7, 11) is 3.48. The van der Waals surface area contributed by atoms with Crippen molar-refractivity contribution >= 4 is 5.91 Å². The SMILES string of the molecule is COc1ccc(C(NC(=O)c2cccc(C#N)c2)c2nccn2C)cc1. The summed E-state index contributed by atoms with van der Waals surface area (Å²) in [5.41, 5.74) is 1.75. The molecule has 6 nitrogen and oxygen atoms in total. The topological polar surface area (TPSA) is 79.9 Å². The summed E-state index contributed by atoms with van der Waals surface area (Å²) in [6.45, 7) is 0. The number of methoxy groups -OCH3 is 1. The van der Waals surface area contributed by atoms with Crippen LogP contribution in [-0.2, 0) is 7.05 Å². The Morgan fingerprint density at radius 3 is 2.65 bits per heavy atom. The number of aryl methyl sites for hydroxylation is 1. The van der Waals surface area contributed by atoms with Crippen molar-refractivity contribution < 1.29 is 9.53 Å². The Morgan fingerprint density at radius 1 is 1.27 bits per heavy atom. The lowest BCUT2D eigenvalue weighted by atomic mass is 10.0. The monoisotopic (exact) mass is 346 g/mol. The van der Waals surface area contributed by atoms with Crippen LogP contribution in [-0.4, -0.2) is 22.6 Å². The smallest absolute Gasteiger partial charge is 0.252 e. The molecule has 0 aliphatic rings. The highest BCUT2D eigenvalue weighted by Crippen LogP contribution is 2.23. The number of hydrogen-bond donors (Lipinski definition) is 1. The number of carbonyl (C=O) groups excluding carboxylic acids is 1. The maximum Gasteiger partial charge on any atom is 0.252 e. The molecule has 0 saturated heterocycles. The summed E-state index contributed by atoms with van der Waals surface area (Å²) >= 11 is 0. The highest BCUT2D eigenvalue weighted by Gasteiger charge is 2.21. The lowest BCUT2D eigenvalue weighted by molar-refractivity contribution is 0.0941. The van der Waals surface area contributed by atoms with Crippen molar-refractivity contribution in [1.82, 2.24) is 14.9 Å². The van der Waals surface area contributed by atoms with E-state index in [4.69, 9.17) is 10.00 Å². The lowest BCUT2D eigenvalue weighted by Crippen LogP contribution is -2.31. The fourth-order valence-electron chi connectivity index (χ4n) is 2.69. The summed E-state index contributed by atoms with van der Waals surface area (Å²) in [6, 6.07) is 15.7. The Hall–Kier alpha value is -3.59. The molecule has 1 aromatic heterocycles. The predicted octanol–water partition coefficient (Wildman–Crippen LogP) is 2.82. The molecule has 6 heteroatoms. The van der Waals surface area contributed by atoms with Crippen LogP contribution in [0.5, 0.6) is 5.75 Å². The van der Waals surface area contributed by atoms with Gasteiger partial charge in [0.1, 0.15) is 17.6 Å². The number of ether oxygens (including phenoxy) is 1. The van der Waals surface area contributed by atoms with Gasteiger partial charge >= 0.3 is 0 Å². The number of nitrogens with one attached hydrogen (secondary N) is 1. The summed E-state index contributed by atoms with van der Waals surface area (Å²) in [6.07, 6.45) is 3.52. The van der Waals surface area contributed by atoms with E-state index >= 15 is 0 Å². The van der Waals surface area contributed by atoms with E-state index in [-0.39, 0.29) is 5.91 Å². The normalized spacial score (nSPS) is 11.4. The van der Waals surface area contributed by atoms with Crippen molar-refractivity contribution in [3.05, 3.63) is 83.4 Å². The number of nitrogens with zero attached hydrogens (tertiary/aromatic N) is 3. The van der Waals surface area contributed by atoms with E-state index in [2.05, 4.69) is 10.3 Å². The van der Waals surface area contributed by atoms with Crippen LogP contribution in [0.2, 0.25) is 0 Å². The zero-order valence-corrected chi connectivity index (χ0v) is 14.5. The van der Waals surface area contributed by atoms with Crippen LogP contribution in [0.15, 0.2) is 60.9 Å². The van der Waals surface area contributed by atoms with E-state index < -0.39 is 6.04 Å². The Morgan fingerprint density at radius 2 is 2.04 bits per heavy atom. The van der Waals surface area contributed by atoms with Crippen LogP contribution >= 0.6 is 0 Å². The number of hydrogen-bond acceptors (Lipinski definition) is 4. The van der Waals surface area contributed by atoms with Gasteiger partial charge in [0, 0.05) is 25.0 Å². The molecule has 0 fully saturated rings. The molecule has 1 heterocycles. The molecule has 26 heavy (non-hydrogen) atoms. The number of benzene rings is 2. The van der Waals surface area contributed by atoms with Gasteiger partial charge in [0.05, 0.1) is 18.7 Å². The maximum atomic E-state index is 12.7. The molecular formula is C20H18N4O2. The van der Waals surface area contributed by atoms with Crippen LogP contribution in [0.1, 0.15) is 33.4 Å². The average Bonchev–Trinajstić information content (AvgIpc) is 3.11. The quantitative estimate of drug-likeness (QED) is 0.770. The number of aromatic nitrogens is 2. The third-order valence-corrected chi connectivity index (χ3v) is 4.10. The maximum absolute atomic E-state index is 12.7. The Labute approximate surface area is 151 Å². The number of rotatable bonds is 5. The van der Waals surface area contributed by atoms with Gasteiger partial charge in [-0.3, -0.25) is 4.79 Å². The van der Waals surface area contributed by atoms with E-state index in [0.717, 1.165) is 11.3 Å². The molecule has 0 saturated carbocycles. The van der Waals surface area contributed by atoms with E-state index in [9.17, 15) is 4.79 Å². The minimum absolute atomic E-state index is 0.272. The van der Waals surface area contributed by atoms with E-state index in [1.807, 2.05) is 48.1 Å². The second kappa shape index (κ2) is 7.53. The van der Waals surface area contributed by atoms with Gasteiger partial charge in [-0.15, -0.1) is 0 Å². The van der Waals surface area contributed by atoms with Gasteiger partial charge in [-0.1, -0.05) is 18.2 Å². The molecule has 3 aromatic rings. The number of amides is 1. The molecular weight excluding hydrogens is 328 g/mol. The first-order chi connectivity index (χ1) is 12.6. The van der Waals surface area contributed by atoms with Crippen molar-refractivity contribution in [1.29, 1.82) is 5.26 Å². The minimum Gasteiger partial charge on any atom is -0.497 e. The Bertz CT molecular complexity index is 954. The molecule has 1 unspecified atom stereocenters. The predicted molar refractivity (Wildman–Crippen MR) is 96.7 cm³/mol. The Balaban J connectivity index is 1.94. The molecule has 0 aliphatic heterocycles. The number of nitriles is 1. The largest absolute Gasteiger partial charge is 0.497 e. The van der Waals surface area contributed by atoms with Gasteiger partial charge < -0.3 is 14.6 Å². The number of carbonyl (C=O) groups is 1. The van der Waals surface area contributed by atoms with Gasteiger partial charge in [0.25, 0.3) is 5.91 Å². The summed E-state index contributed by atoms with van der Waals surface area (Å²) < 4.78 is 7.06. The fraction of sp³-hybridized carbons (Fsp3) is 0.150. The van der Waals surface area contributed by atoms with E-state index in [1.165, 1.54) is 0 Å². The summed E-state index contributed by atoms with van der Waals surface area (Å²) in [5, 5.41) is 12.0. The molecule has 130 valence electrons. The van der Waals surface area contributed by atoms with E-state index in [0.29, 0.717) is 17.0 Å². The van der Waals surface area contributed by atoms with Crippen molar-refractivity contribution in [2.24, 2.45) is 7.05 Å². The molecule has 0 aliphatic carbocycles. The summed E-state index contributed by atoms with van der Waals surface area (Å²) in [5.74, 6) is 1.17. The van der Waals surface area contributed by atoms with Crippen LogP contribution in [0.4, 0.5) is 0 Å². The molecule has 0 bridgehead atoms. The first-order valence-electron chi connectivity index (χ1n) is 8.04. The fourth-order valence-corrected chi connectivity index (χ4v) is 2.69. The first-order valence-corrected chi connectivity index (χ1v) is 8.04. The zero-order chi connectivity index (χ0) is 18.5. The standard InChI is InChI=1S/C20H18N4O2/c1-24-11-10-22-19(24)18(15-6-8-17(26-2)9-7-15)23-20(25)16-5-3-4-14(12-16)13-21/h3-12,18H,1-2H3,(H,23,25). The lowest BCUT2D eigenvalue weighted by Gasteiger charge is -2.19. The molecule has 1 atom stereocenters. The van der Waals surface area contributed by atoms with Crippen molar-refractivity contribution in [2.45, 2.75) is 6.04 Å². The highest BCUT2D eigenvalue weighted by atomic mass is 16.5. The molecule has 2 aromatic carbocycles. The van der Waals surface area contributed by atoms with Crippen LogP contribution in [0.25, 0.3) is 0 Å². The number of imidazole rings is 1. The van der Waals surface area contributed by atoms with Gasteiger partial charge in [-0.25, -0.2) is 4.98 Å². The molecule has 3 rings (SSSR count). The minimum atomic E-state index is -0.431. The van der Waals surface area contributed by atoms with Crippen LogP contribution in [0, 0.1) is 11.3 Å². The summed E-state index contributed by atoms with van der Waals surface area (Å²) in [4.78, 5) is 17.1. The van der Waals surface area contributed by atoms with Crippen molar-refractivity contribution in [3.63, 3.8) is 0 Å². The molecule has 1 N–H and O–H groups in total. The highest BCUT2D eigenvalue weighted by molar-refractivity contribution is 5.95.